The maximum Gasteiger partial charge on any atom is 0.150 e. The highest BCUT2D eigenvalue weighted by molar-refractivity contribution is 6.12. The van der Waals surface area contributed by atoms with E-state index in [2.05, 4.69) is 12.0 Å². The number of benzene rings is 1. The molecule has 4 heteroatoms. The van der Waals surface area contributed by atoms with Gasteiger partial charge in [-0.25, -0.2) is 4.68 Å². The topological polar surface area (TPSA) is 52.0 Å². The van der Waals surface area contributed by atoms with E-state index in [9.17, 15) is 9.59 Å². The normalized spacial score (nSPS) is 26.2. The third-order valence-corrected chi connectivity index (χ3v) is 5.60. The van der Waals surface area contributed by atoms with Gasteiger partial charge >= 0.3 is 0 Å². The van der Waals surface area contributed by atoms with Crippen molar-refractivity contribution in [1.29, 1.82) is 0 Å². The lowest BCUT2D eigenvalue weighted by Gasteiger charge is -2.27. The molecule has 4 nitrogen and oxygen atoms in total. The molecule has 4 rings (SSSR count). The second kappa shape index (κ2) is 5.69. The van der Waals surface area contributed by atoms with E-state index >= 15 is 0 Å². The van der Waals surface area contributed by atoms with Crippen LogP contribution in [0.5, 0.6) is 0 Å². The van der Waals surface area contributed by atoms with Crippen LogP contribution >= 0.6 is 0 Å². The van der Waals surface area contributed by atoms with Crippen LogP contribution in [0.25, 0.3) is 5.69 Å². The van der Waals surface area contributed by atoms with Crippen molar-refractivity contribution in [2.45, 2.75) is 45.4 Å². The van der Waals surface area contributed by atoms with Crippen molar-refractivity contribution >= 4 is 11.6 Å². The van der Waals surface area contributed by atoms with E-state index in [0.29, 0.717) is 0 Å². The van der Waals surface area contributed by atoms with Crippen molar-refractivity contribution in [2.75, 3.05) is 0 Å². The van der Waals surface area contributed by atoms with Crippen LogP contribution in [0, 0.1) is 18.8 Å². The van der Waals surface area contributed by atoms with E-state index in [4.69, 9.17) is 0 Å². The predicted octanol–water partition coefficient (Wildman–Crippen LogP) is 3.39. The molecule has 1 heterocycles. The Kier molecular flexibility index (Phi) is 3.63. The molecule has 2 aromatic rings. The fourth-order valence-electron chi connectivity index (χ4n) is 4.29. The molecule has 2 saturated carbocycles. The van der Waals surface area contributed by atoms with Crippen molar-refractivity contribution in [2.24, 2.45) is 11.8 Å². The summed E-state index contributed by atoms with van der Waals surface area (Å²) in [5, 5.41) is 4.35. The molecule has 0 spiro atoms. The lowest BCUT2D eigenvalue weighted by Crippen LogP contribution is -2.35. The third-order valence-electron chi connectivity index (χ3n) is 5.60. The minimum absolute atomic E-state index is 0.0815. The highest BCUT2D eigenvalue weighted by Crippen LogP contribution is 2.44. The van der Waals surface area contributed by atoms with E-state index < -0.39 is 5.92 Å². The molecular weight excluding hydrogens is 300 g/mol. The van der Waals surface area contributed by atoms with Crippen LogP contribution in [-0.2, 0) is 16.0 Å². The Hall–Kier alpha value is -2.23. The monoisotopic (exact) mass is 322 g/mol. The summed E-state index contributed by atoms with van der Waals surface area (Å²) in [5.74, 6) is -0.131. The van der Waals surface area contributed by atoms with E-state index in [1.54, 1.807) is 0 Å². The van der Waals surface area contributed by atoms with Crippen molar-refractivity contribution in [3.63, 3.8) is 0 Å². The zero-order valence-corrected chi connectivity index (χ0v) is 14.2. The number of rotatable bonds is 3. The quantitative estimate of drug-likeness (QED) is 0.814. The molecule has 0 N–H and O–H groups in total. The first-order chi connectivity index (χ1) is 11.6. The van der Waals surface area contributed by atoms with Gasteiger partial charge < -0.3 is 0 Å². The van der Waals surface area contributed by atoms with Gasteiger partial charge in [-0.1, -0.05) is 13.0 Å². The average Bonchev–Trinajstić information content (AvgIpc) is 3.21. The smallest absolute Gasteiger partial charge is 0.150 e. The molecule has 2 fully saturated rings. The SMILES string of the molecule is CCc1ccc(-n2cc(C)cn2)cc1C1C(=O)C2CCC(C2)C1=O. The highest BCUT2D eigenvalue weighted by atomic mass is 16.2. The van der Waals surface area contributed by atoms with Gasteiger partial charge in [-0.05, 0) is 61.4 Å². The molecule has 0 saturated heterocycles. The standard InChI is InChI=1S/C20H22N2O2/c1-3-13-6-7-16(22-11-12(2)10-21-22)9-17(13)18-19(23)14-4-5-15(8-14)20(18)24/h6-7,9-11,14-15,18H,3-5,8H2,1-2H3. The first kappa shape index (κ1) is 15.3. The molecule has 0 radical (unpaired) electrons. The maximum atomic E-state index is 12.9. The van der Waals surface area contributed by atoms with E-state index in [0.717, 1.165) is 48.1 Å². The maximum absolute atomic E-state index is 12.9. The fourth-order valence-corrected chi connectivity index (χ4v) is 4.29. The van der Waals surface area contributed by atoms with E-state index in [1.807, 2.05) is 42.2 Å². The number of carbonyl (C=O) groups is 2. The van der Waals surface area contributed by atoms with Gasteiger partial charge in [-0.3, -0.25) is 9.59 Å². The van der Waals surface area contributed by atoms with Gasteiger partial charge in [0.05, 0.1) is 11.9 Å². The van der Waals surface area contributed by atoms with Crippen molar-refractivity contribution in [3.8, 4) is 5.69 Å². The Balaban J connectivity index is 1.81. The van der Waals surface area contributed by atoms with Crippen LogP contribution < -0.4 is 0 Å². The van der Waals surface area contributed by atoms with Gasteiger partial charge in [-0.15, -0.1) is 0 Å². The van der Waals surface area contributed by atoms with Crippen molar-refractivity contribution < 1.29 is 9.59 Å². The summed E-state index contributed by atoms with van der Waals surface area (Å²) in [5.41, 5.74) is 3.98. The van der Waals surface area contributed by atoms with Crippen LogP contribution in [0.3, 0.4) is 0 Å². The second-order valence-electron chi connectivity index (χ2n) is 7.14. The van der Waals surface area contributed by atoms with Gasteiger partial charge in [0, 0.05) is 18.0 Å². The average molecular weight is 322 g/mol. The number of nitrogens with zero attached hydrogens (tertiary/aromatic N) is 2. The zero-order chi connectivity index (χ0) is 16.8. The van der Waals surface area contributed by atoms with E-state index in [-0.39, 0.29) is 23.4 Å². The lowest BCUT2D eigenvalue weighted by atomic mass is 9.74. The third kappa shape index (κ3) is 2.32. The Morgan fingerprint density at radius 3 is 2.46 bits per heavy atom. The van der Waals surface area contributed by atoms with Gasteiger partial charge in [0.2, 0.25) is 0 Å². The molecule has 124 valence electrons. The molecule has 0 amide bonds. The predicted molar refractivity (Wildman–Crippen MR) is 91.3 cm³/mol. The number of fused-ring (bicyclic) bond motifs is 2. The number of aromatic nitrogens is 2. The van der Waals surface area contributed by atoms with Crippen LogP contribution in [-0.4, -0.2) is 21.3 Å². The number of hydrogen-bond donors (Lipinski definition) is 0. The molecule has 0 aliphatic heterocycles. The number of Topliss-reactive ketones (excluding diaryl/α,β-unsaturated/α-hetero) is 2. The van der Waals surface area contributed by atoms with Gasteiger partial charge in [0.15, 0.2) is 11.6 Å². The summed E-state index contributed by atoms with van der Waals surface area (Å²) in [6.07, 6.45) is 7.12. The Bertz CT molecular complexity index is 799. The van der Waals surface area contributed by atoms with Gasteiger partial charge in [0.1, 0.15) is 5.92 Å². The molecule has 2 bridgehead atoms. The van der Waals surface area contributed by atoms with Crippen LogP contribution in [0.1, 0.15) is 48.8 Å². The van der Waals surface area contributed by atoms with E-state index in [1.165, 1.54) is 0 Å². The summed E-state index contributed by atoms with van der Waals surface area (Å²) in [4.78, 5) is 25.7. The summed E-state index contributed by atoms with van der Waals surface area (Å²) in [6.45, 7) is 4.07. The first-order valence-corrected chi connectivity index (χ1v) is 8.80. The summed E-state index contributed by atoms with van der Waals surface area (Å²) >= 11 is 0. The molecule has 2 aliphatic carbocycles. The van der Waals surface area contributed by atoms with Crippen molar-refractivity contribution in [1.82, 2.24) is 9.78 Å². The molecule has 1 aromatic heterocycles. The van der Waals surface area contributed by atoms with Crippen LogP contribution in [0.4, 0.5) is 0 Å². The Morgan fingerprint density at radius 2 is 1.88 bits per heavy atom. The zero-order valence-electron chi connectivity index (χ0n) is 14.2. The fraction of sp³-hybridized carbons (Fsp3) is 0.450. The summed E-state index contributed by atoms with van der Waals surface area (Å²) in [6, 6.07) is 6.05. The molecule has 2 unspecified atom stereocenters. The summed E-state index contributed by atoms with van der Waals surface area (Å²) in [7, 11) is 0. The summed E-state index contributed by atoms with van der Waals surface area (Å²) < 4.78 is 1.81. The number of hydrogen-bond acceptors (Lipinski definition) is 3. The first-order valence-electron chi connectivity index (χ1n) is 8.80. The van der Waals surface area contributed by atoms with Crippen LogP contribution in [0.15, 0.2) is 30.6 Å². The largest absolute Gasteiger partial charge is 0.298 e. The minimum Gasteiger partial charge on any atom is -0.298 e. The molecular formula is C20H22N2O2. The minimum atomic E-state index is -0.567. The lowest BCUT2D eigenvalue weighted by molar-refractivity contribution is -0.135. The highest BCUT2D eigenvalue weighted by Gasteiger charge is 2.47. The molecule has 2 aliphatic rings. The number of carbonyl (C=O) groups excluding carboxylic acids is 2. The Labute approximate surface area is 141 Å². The number of aryl methyl sites for hydroxylation is 2. The van der Waals surface area contributed by atoms with Gasteiger partial charge in [-0.2, -0.15) is 5.10 Å². The second-order valence-corrected chi connectivity index (χ2v) is 7.14. The number of ketones is 2. The van der Waals surface area contributed by atoms with Gasteiger partial charge in [0.25, 0.3) is 0 Å². The molecule has 1 aromatic carbocycles. The van der Waals surface area contributed by atoms with Crippen molar-refractivity contribution in [3.05, 3.63) is 47.3 Å². The molecule has 2 atom stereocenters. The van der Waals surface area contributed by atoms with Crippen LogP contribution in [0.2, 0.25) is 0 Å². The Morgan fingerprint density at radius 1 is 1.17 bits per heavy atom. The molecule has 24 heavy (non-hydrogen) atoms.